The molecule has 0 spiro atoms. The Morgan fingerprint density at radius 2 is 2.14 bits per heavy atom. The second-order valence-corrected chi connectivity index (χ2v) is 5.95. The third-order valence-electron chi connectivity index (χ3n) is 2.93. The molecule has 0 aromatic rings. The van der Waals surface area contributed by atoms with E-state index in [9.17, 15) is 14.4 Å². The van der Waals surface area contributed by atoms with Crippen molar-refractivity contribution in [3.05, 3.63) is 0 Å². The number of terminal acetylenes is 1. The number of nitrogens with one attached hydrogen (secondary N) is 1. The lowest BCUT2D eigenvalue weighted by Crippen LogP contribution is -2.55. The Bertz CT molecular complexity index is 459. The molecule has 1 N–H and O–H groups in total. The Balaban J connectivity index is 2.81. The fourth-order valence-corrected chi connectivity index (χ4v) is 2.03. The van der Waals surface area contributed by atoms with Crippen molar-refractivity contribution >= 4 is 17.9 Å². The summed E-state index contributed by atoms with van der Waals surface area (Å²) in [4.78, 5) is 36.8. The summed E-state index contributed by atoms with van der Waals surface area (Å²) in [5.74, 6) is 1.72. The van der Waals surface area contributed by atoms with Crippen molar-refractivity contribution in [1.29, 1.82) is 0 Å². The number of hydrogen-bond acceptors (Lipinski definition) is 4. The largest absolute Gasteiger partial charge is 0.444 e. The van der Waals surface area contributed by atoms with E-state index >= 15 is 0 Å². The van der Waals surface area contributed by atoms with Crippen LogP contribution in [-0.2, 0) is 14.3 Å². The molecule has 0 aromatic heterocycles. The first-order valence-corrected chi connectivity index (χ1v) is 7.01. The van der Waals surface area contributed by atoms with Crippen LogP contribution in [0.3, 0.4) is 0 Å². The molecule has 0 saturated carbocycles. The van der Waals surface area contributed by atoms with E-state index in [1.807, 2.05) is 0 Å². The van der Waals surface area contributed by atoms with Crippen LogP contribution >= 0.6 is 0 Å². The maximum absolute atomic E-state index is 12.3. The summed E-state index contributed by atoms with van der Waals surface area (Å²) in [5.41, 5.74) is -0.650. The molecule has 1 aliphatic heterocycles. The fraction of sp³-hybridized carbons (Fsp3) is 0.667. The van der Waals surface area contributed by atoms with Gasteiger partial charge in [0.2, 0.25) is 11.8 Å². The van der Waals surface area contributed by atoms with Crippen molar-refractivity contribution in [3.8, 4) is 12.3 Å². The molecule has 1 rings (SSSR count). The van der Waals surface area contributed by atoms with Gasteiger partial charge in [0, 0.05) is 19.4 Å². The first kappa shape index (κ1) is 17.0. The molecule has 116 valence electrons. The molecule has 1 saturated heterocycles. The minimum absolute atomic E-state index is 0.213. The zero-order valence-corrected chi connectivity index (χ0v) is 12.8. The first-order chi connectivity index (χ1) is 9.74. The lowest BCUT2D eigenvalue weighted by molar-refractivity contribution is -0.137. The molecule has 0 aliphatic carbocycles. The van der Waals surface area contributed by atoms with E-state index in [4.69, 9.17) is 11.2 Å². The topological polar surface area (TPSA) is 75.7 Å². The summed E-state index contributed by atoms with van der Waals surface area (Å²) >= 11 is 0. The average Bonchev–Trinajstić information content (AvgIpc) is 2.33. The predicted molar refractivity (Wildman–Crippen MR) is 77.2 cm³/mol. The van der Waals surface area contributed by atoms with Crippen LogP contribution in [0.25, 0.3) is 0 Å². The molecular weight excluding hydrogens is 272 g/mol. The third-order valence-corrected chi connectivity index (χ3v) is 2.93. The number of hydrogen-bond donors (Lipinski definition) is 1. The number of carbonyl (C=O) groups is 3. The number of ether oxygens (including phenoxy) is 1. The highest BCUT2D eigenvalue weighted by Gasteiger charge is 2.36. The number of unbranched alkanes of at least 4 members (excludes halogenated alkanes) is 1. The van der Waals surface area contributed by atoms with Gasteiger partial charge in [0.15, 0.2) is 0 Å². The van der Waals surface area contributed by atoms with Gasteiger partial charge in [-0.3, -0.25) is 19.8 Å². The van der Waals surface area contributed by atoms with Gasteiger partial charge in [-0.15, -0.1) is 12.3 Å². The molecule has 1 unspecified atom stereocenters. The highest BCUT2D eigenvalue weighted by molar-refractivity contribution is 6.01. The predicted octanol–water partition coefficient (Wildman–Crippen LogP) is 1.44. The summed E-state index contributed by atoms with van der Waals surface area (Å²) in [6.45, 7) is 5.60. The maximum Gasteiger partial charge on any atom is 0.410 e. The number of rotatable bonds is 4. The Labute approximate surface area is 125 Å². The molecule has 1 heterocycles. The van der Waals surface area contributed by atoms with Crippen molar-refractivity contribution < 1.29 is 19.1 Å². The molecule has 1 fully saturated rings. The van der Waals surface area contributed by atoms with Crippen molar-refractivity contribution in [2.75, 3.05) is 6.54 Å². The minimum atomic E-state index is -0.685. The Morgan fingerprint density at radius 1 is 1.48 bits per heavy atom. The van der Waals surface area contributed by atoms with Crippen LogP contribution in [0.2, 0.25) is 0 Å². The van der Waals surface area contributed by atoms with E-state index in [1.54, 1.807) is 20.8 Å². The number of imide groups is 1. The summed E-state index contributed by atoms with van der Waals surface area (Å²) < 4.78 is 5.33. The zero-order valence-electron chi connectivity index (χ0n) is 12.8. The monoisotopic (exact) mass is 294 g/mol. The molecule has 3 amide bonds. The summed E-state index contributed by atoms with van der Waals surface area (Å²) in [6.07, 6.45) is 6.25. The van der Waals surface area contributed by atoms with Crippen molar-refractivity contribution in [1.82, 2.24) is 10.2 Å². The van der Waals surface area contributed by atoms with Gasteiger partial charge in [0.25, 0.3) is 0 Å². The van der Waals surface area contributed by atoms with Crippen LogP contribution in [0.4, 0.5) is 4.79 Å². The molecule has 1 aliphatic rings. The summed E-state index contributed by atoms with van der Waals surface area (Å²) in [7, 11) is 0. The standard InChI is InChI=1S/C15H22N2O4/c1-5-6-7-10-17(14(20)21-15(2,3)4)11-8-9-12(18)16-13(11)19/h1,11H,6-10H2,2-4H3,(H,16,18,19). The smallest absolute Gasteiger partial charge is 0.410 e. The molecule has 0 aromatic carbocycles. The molecule has 6 heteroatoms. The van der Waals surface area contributed by atoms with Gasteiger partial charge in [-0.2, -0.15) is 0 Å². The van der Waals surface area contributed by atoms with E-state index in [1.165, 1.54) is 4.90 Å². The molecule has 0 radical (unpaired) electrons. The highest BCUT2D eigenvalue weighted by Crippen LogP contribution is 2.17. The van der Waals surface area contributed by atoms with Gasteiger partial charge in [-0.05, 0) is 33.6 Å². The van der Waals surface area contributed by atoms with Gasteiger partial charge < -0.3 is 4.74 Å². The van der Waals surface area contributed by atoms with Crippen LogP contribution in [0.5, 0.6) is 0 Å². The highest BCUT2D eigenvalue weighted by atomic mass is 16.6. The lowest BCUT2D eigenvalue weighted by Gasteiger charge is -2.34. The normalized spacial score (nSPS) is 18.7. The Hall–Kier alpha value is -2.03. The number of amides is 3. The molecule has 6 nitrogen and oxygen atoms in total. The lowest BCUT2D eigenvalue weighted by atomic mass is 10.0. The SMILES string of the molecule is C#CCCCN(C(=O)OC(C)(C)C)C1CCC(=O)NC1=O. The second-order valence-electron chi connectivity index (χ2n) is 5.95. The van der Waals surface area contributed by atoms with Gasteiger partial charge in [-0.25, -0.2) is 4.79 Å². The average molecular weight is 294 g/mol. The quantitative estimate of drug-likeness (QED) is 0.483. The van der Waals surface area contributed by atoms with Crippen LogP contribution in [0, 0.1) is 12.3 Å². The first-order valence-electron chi connectivity index (χ1n) is 7.01. The van der Waals surface area contributed by atoms with Crippen LogP contribution in [0.15, 0.2) is 0 Å². The van der Waals surface area contributed by atoms with Gasteiger partial charge in [-0.1, -0.05) is 0 Å². The van der Waals surface area contributed by atoms with E-state index in [2.05, 4.69) is 11.2 Å². The van der Waals surface area contributed by atoms with Crippen molar-refractivity contribution in [2.24, 2.45) is 0 Å². The van der Waals surface area contributed by atoms with E-state index in [0.717, 1.165) is 0 Å². The van der Waals surface area contributed by atoms with Crippen molar-refractivity contribution in [2.45, 2.75) is 58.1 Å². The third kappa shape index (κ3) is 5.46. The maximum atomic E-state index is 12.3. The van der Waals surface area contributed by atoms with Crippen LogP contribution < -0.4 is 5.32 Å². The zero-order chi connectivity index (χ0) is 16.0. The van der Waals surface area contributed by atoms with Gasteiger partial charge in [0.1, 0.15) is 11.6 Å². The summed E-state index contributed by atoms with van der Waals surface area (Å²) in [5, 5.41) is 2.25. The van der Waals surface area contributed by atoms with Gasteiger partial charge in [0.05, 0.1) is 0 Å². The number of piperidine rings is 1. The summed E-state index contributed by atoms with van der Waals surface area (Å²) in [6, 6.07) is -0.685. The van der Waals surface area contributed by atoms with E-state index < -0.39 is 23.6 Å². The second kappa shape index (κ2) is 7.11. The van der Waals surface area contributed by atoms with Crippen LogP contribution in [-0.4, -0.2) is 41.0 Å². The van der Waals surface area contributed by atoms with Crippen molar-refractivity contribution in [3.63, 3.8) is 0 Å². The van der Waals surface area contributed by atoms with E-state index in [0.29, 0.717) is 25.8 Å². The molecule has 1 atom stereocenters. The fourth-order valence-electron chi connectivity index (χ4n) is 2.03. The van der Waals surface area contributed by atoms with Gasteiger partial charge >= 0.3 is 6.09 Å². The number of nitrogens with zero attached hydrogens (tertiary/aromatic N) is 1. The molecular formula is C15H22N2O4. The van der Waals surface area contributed by atoms with Crippen LogP contribution in [0.1, 0.15) is 46.5 Å². The minimum Gasteiger partial charge on any atom is -0.444 e. The van der Waals surface area contributed by atoms with E-state index in [-0.39, 0.29) is 12.3 Å². The number of carbonyl (C=O) groups excluding carboxylic acids is 3. The molecule has 21 heavy (non-hydrogen) atoms. The Morgan fingerprint density at radius 3 is 2.67 bits per heavy atom. The molecule has 0 bridgehead atoms. The Kier molecular flexibility index (Phi) is 5.77.